The van der Waals surface area contributed by atoms with Crippen LogP contribution >= 0.6 is 0 Å². The number of rotatable bonds is 10. The quantitative estimate of drug-likeness (QED) is 0.196. The molecule has 3 saturated carbocycles. The van der Waals surface area contributed by atoms with Gasteiger partial charge in [-0.05, 0) is 11.1 Å². The molecule has 6 aliphatic rings. The minimum atomic E-state index is -0.957. The van der Waals surface area contributed by atoms with Gasteiger partial charge in [-0.15, -0.1) is 0 Å². The average Bonchev–Trinajstić information content (AvgIpc) is 3.66. The molecular weight excluding hydrogens is 707 g/mol. The number of primary amides is 1. The third-order valence-corrected chi connectivity index (χ3v) is 15.6. The van der Waals surface area contributed by atoms with Crippen molar-refractivity contribution in [2.45, 2.75) is 95.3 Å². The van der Waals surface area contributed by atoms with Crippen LogP contribution in [0, 0.1) is 11.8 Å². The number of halogens is 1. The van der Waals surface area contributed by atoms with E-state index in [-0.39, 0.29) is 49.9 Å². The van der Waals surface area contributed by atoms with Crippen molar-refractivity contribution >= 4 is 17.7 Å². The molecule has 4 bridgehead atoms. The molecule has 1 aromatic heterocycles. The minimum absolute atomic E-state index is 0.0739. The third-order valence-electron chi connectivity index (χ3n) is 11.0. The number of aromatic nitrogens is 3. The van der Waals surface area contributed by atoms with Crippen molar-refractivity contribution in [1.82, 2.24) is 25.2 Å². The van der Waals surface area contributed by atoms with E-state index < -0.39 is 36.0 Å². The van der Waals surface area contributed by atoms with Crippen LogP contribution in [0.5, 0.6) is 0 Å². The number of nitrogens with zero attached hydrogens (tertiary/aromatic N) is 4. The Morgan fingerprint density at radius 2 is 1.68 bits per heavy atom. The van der Waals surface area contributed by atoms with Gasteiger partial charge in [0.2, 0.25) is 0 Å². The molecule has 248 valence electrons. The number of carbonyl (C=O) groups excluding carboxylic acids is 3. The Hall–Kier alpha value is -3.32. The summed E-state index contributed by atoms with van der Waals surface area (Å²) in [6, 6.07) is 15.5. The number of nitrogens with two attached hydrogens (primary N) is 1. The number of carbonyl (C=O) groups is 3. The van der Waals surface area contributed by atoms with Crippen LogP contribution in [-0.2, 0) is 20.8 Å². The van der Waals surface area contributed by atoms with Crippen molar-refractivity contribution in [2.75, 3.05) is 6.54 Å². The predicted octanol–water partition coefficient (Wildman–Crippen LogP) is -0.0417. The Balaban J connectivity index is 1.03. The van der Waals surface area contributed by atoms with E-state index in [0.717, 1.165) is 52.0 Å². The number of β-amino-alcohol motifs (C(OH)–C–C–N with tert-alkyl or cyclic N) is 1. The van der Waals surface area contributed by atoms with Gasteiger partial charge in [0.15, 0.2) is 0 Å². The molecule has 3 aromatic rings. The van der Waals surface area contributed by atoms with Crippen molar-refractivity contribution in [1.29, 1.82) is 0 Å². The summed E-state index contributed by atoms with van der Waals surface area (Å²) >= 11 is -0.289. The van der Waals surface area contributed by atoms with E-state index in [9.17, 15) is 19.5 Å². The number of aliphatic hydroxyl groups excluding tert-OH is 1. The van der Waals surface area contributed by atoms with Crippen molar-refractivity contribution in [3.8, 4) is 11.1 Å². The molecule has 6 fully saturated rings. The molecule has 11 heteroatoms. The van der Waals surface area contributed by atoms with Gasteiger partial charge >= 0.3 is 245 Å². The number of benzene rings is 2. The predicted molar refractivity (Wildman–Crippen MR) is 170 cm³/mol. The van der Waals surface area contributed by atoms with Crippen LogP contribution in [0.2, 0.25) is 0 Å². The van der Waals surface area contributed by atoms with Gasteiger partial charge in [0.1, 0.15) is 0 Å². The Kier molecular flexibility index (Phi) is 8.10. The number of hydrogen-bond acceptors (Lipinski definition) is 6. The molecule has 0 radical (unpaired) electrons. The van der Waals surface area contributed by atoms with Gasteiger partial charge in [-0.1, -0.05) is 30.3 Å². The molecule has 3 aliphatic heterocycles. The third kappa shape index (κ3) is 6.09. The molecule has 3 saturated heterocycles. The molecule has 2 aromatic carbocycles. The second kappa shape index (κ2) is 12.3. The first-order chi connectivity index (χ1) is 22.7. The first-order valence-corrected chi connectivity index (χ1v) is 19.4. The number of likely N-dealkylation sites (tertiary alicyclic amines) is 1. The molecule has 4 heterocycles. The Labute approximate surface area is 285 Å². The van der Waals surface area contributed by atoms with Gasteiger partial charge < -0.3 is 0 Å². The second-order valence-electron chi connectivity index (χ2n) is 14.5. The zero-order valence-electron chi connectivity index (χ0n) is 26.4. The summed E-state index contributed by atoms with van der Waals surface area (Å²) in [6.07, 6.45) is 9.57. The zero-order valence-corrected chi connectivity index (χ0v) is 28.5. The van der Waals surface area contributed by atoms with Crippen LogP contribution in [0.1, 0.15) is 74.6 Å². The molecule has 3 aliphatic carbocycles. The Morgan fingerprint density at radius 1 is 0.979 bits per heavy atom. The fourth-order valence-corrected chi connectivity index (χ4v) is 15.2. The SMILES string of the molecule is NC(=O)[C@@H](Cc1ccc(-c2ccccc2)cc1)NC(=O)[C@@H]1C[C@@H](O)CN1C(=O)[C@@H](n1cc(C2CC2)nn1)C12CC3CC(CC(C3)[I-]1)C2. The fraction of sp³-hybridized carbons (Fsp3) is 0.528. The topological polar surface area (TPSA) is 143 Å². The van der Waals surface area contributed by atoms with Crippen molar-refractivity contribution in [3.63, 3.8) is 0 Å². The number of nitrogens with one attached hydrogen (secondary N) is 1. The monoisotopic (exact) mass is 749 g/mol. The van der Waals surface area contributed by atoms with E-state index in [2.05, 4.69) is 15.6 Å². The maximum absolute atomic E-state index is 14.8. The molecule has 2 unspecified atom stereocenters. The average molecular weight is 750 g/mol. The number of hydrogen-bond donors (Lipinski definition) is 3. The normalized spacial score (nSPS) is 30.8. The van der Waals surface area contributed by atoms with Crippen LogP contribution in [0.15, 0.2) is 60.8 Å². The first kappa shape index (κ1) is 31.0. The molecular formula is C36H42IN6O4-. The number of amides is 3. The zero-order chi connectivity index (χ0) is 32.3. The summed E-state index contributed by atoms with van der Waals surface area (Å²) in [6.45, 7) is 0.0739. The molecule has 10 nitrogen and oxygen atoms in total. The molecule has 6 atom stereocenters. The summed E-state index contributed by atoms with van der Waals surface area (Å²) < 4.78 is 2.42. The summed E-state index contributed by atoms with van der Waals surface area (Å²) in [7, 11) is 0. The summed E-state index contributed by atoms with van der Waals surface area (Å²) in [5.41, 5.74) is 9.75. The molecule has 0 spiro atoms. The van der Waals surface area contributed by atoms with E-state index in [1.165, 1.54) is 19.3 Å². The van der Waals surface area contributed by atoms with E-state index >= 15 is 0 Å². The molecule has 3 amide bonds. The maximum atomic E-state index is 14.8. The molecule has 47 heavy (non-hydrogen) atoms. The van der Waals surface area contributed by atoms with Gasteiger partial charge in [0.25, 0.3) is 0 Å². The van der Waals surface area contributed by atoms with E-state index in [4.69, 9.17) is 5.73 Å². The van der Waals surface area contributed by atoms with Crippen LogP contribution in [-0.4, -0.2) is 74.8 Å². The van der Waals surface area contributed by atoms with Crippen LogP contribution < -0.4 is 32.3 Å². The van der Waals surface area contributed by atoms with Crippen LogP contribution in [0.25, 0.3) is 11.1 Å². The van der Waals surface area contributed by atoms with Gasteiger partial charge in [-0.3, -0.25) is 0 Å². The van der Waals surface area contributed by atoms with Crippen LogP contribution in [0.4, 0.5) is 0 Å². The molecule has 4 N–H and O–H groups in total. The summed E-state index contributed by atoms with van der Waals surface area (Å²) in [5, 5.41) is 22.8. The van der Waals surface area contributed by atoms with Crippen molar-refractivity contribution in [3.05, 3.63) is 72.1 Å². The first-order valence-electron chi connectivity index (χ1n) is 17.0. The van der Waals surface area contributed by atoms with Gasteiger partial charge in [-0.25, -0.2) is 0 Å². The summed E-state index contributed by atoms with van der Waals surface area (Å²) in [4.78, 5) is 42.9. The van der Waals surface area contributed by atoms with Gasteiger partial charge in [-0.2, -0.15) is 0 Å². The van der Waals surface area contributed by atoms with E-state index in [1.54, 1.807) is 4.90 Å². The van der Waals surface area contributed by atoms with Gasteiger partial charge in [0, 0.05) is 0 Å². The Morgan fingerprint density at radius 3 is 2.34 bits per heavy atom. The number of alkyl halides is 2. The van der Waals surface area contributed by atoms with Crippen molar-refractivity contribution in [2.24, 2.45) is 17.6 Å². The van der Waals surface area contributed by atoms with E-state index in [0.29, 0.717) is 17.8 Å². The summed E-state index contributed by atoms with van der Waals surface area (Å²) in [5.74, 6) is 0.442. The second-order valence-corrected chi connectivity index (χ2v) is 19.0. The fourth-order valence-electron chi connectivity index (χ4n) is 8.84. The molecule has 9 rings (SSSR count). The van der Waals surface area contributed by atoms with Crippen molar-refractivity contribution < 1.29 is 40.7 Å². The van der Waals surface area contributed by atoms with E-state index in [1.807, 2.05) is 65.5 Å². The van der Waals surface area contributed by atoms with Gasteiger partial charge in [0.05, 0.1) is 0 Å². The standard InChI is InChI=1S/C36H42IN6O4/c38-33(45)29(15-21-6-8-25(9-7-21)24-4-2-1-3-5-24)39-34(46)31-16-28(44)19-42(31)35(47)32(43-20-30(40-41-43)26-10-11-26)36-17-22-12-23(18-36)14-27(13-22)37-36/h1-9,20,22-23,26-29,31-32,44H,10-19H2,(H2,38,45)(H,39,46)/q-1/t22?,23?,27?,28-,29-,31+,32-,36?/m1/s1. The number of aliphatic hydroxyl groups is 1. The van der Waals surface area contributed by atoms with Crippen LogP contribution in [0.3, 0.4) is 0 Å². The Bertz CT molecular complexity index is 1620.